The monoisotopic (exact) mass is 435 g/mol. The first-order valence-electron chi connectivity index (χ1n) is 9.57. The lowest BCUT2D eigenvalue weighted by molar-refractivity contribution is -0.347. The van der Waals surface area contributed by atoms with Crippen LogP contribution >= 0.6 is 0 Å². The lowest BCUT2D eigenvalue weighted by Gasteiger charge is -2.74. The first-order valence-corrected chi connectivity index (χ1v) is 9.57. The molecule has 3 fully saturated rings. The van der Waals surface area contributed by atoms with Gasteiger partial charge in [-0.3, -0.25) is 4.79 Å². The Hall–Kier alpha value is -3.08. The number of nitrogens with zero attached hydrogens (tertiary/aromatic N) is 4. The zero-order valence-electron chi connectivity index (χ0n) is 16.0. The third-order valence-electron chi connectivity index (χ3n) is 6.77. The molecular formula is C20H17F4N5O2. The first kappa shape index (κ1) is 19.9. The van der Waals surface area contributed by atoms with Gasteiger partial charge in [-0.1, -0.05) is 6.07 Å². The van der Waals surface area contributed by atoms with E-state index in [1.807, 2.05) is 0 Å². The maximum absolute atomic E-state index is 16.0. The summed E-state index contributed by atoms with van der Waals surface area (Å²) in [5.41, 5.74) is -5.40. The Morgan fingerprint density at radius 1 is 1.16 bits per heavy atom. The minimum atomic E-state index is -3.78. The summed E-state index contributed by atoms with van der Waals surface area (Å²) >= 11 is 0. The Balaban J connectivity index is 1.52. The van der Waals surface area contributed by atoms with E-state index in [1.165, 1.54) is 12.3 Å². The van der Waals surface area contributed by atoms with E-state index in [4.69, 9.17) is 0 Å². The van der Waals surface area contributed by atoms with Crippen molar-refractivity contribution in [2.45, 2.75) is 42.7 Å². The molecular weight excluding hydrogens is 418 g/mol. The van der Waals surface area contributed by atoms with Gasteiger partial charge in [0.05, 0.1) is 6.54 Å². The van der Waals surface area contributed by atoms with E-state index in [0.717, 1.165) is 28.7 Å². The number of rotatable bonds is 6. The van der Waals surface area contributed by atoms with Crippen LogP contribution in [-0.4, -0.2) is 36.2 Å². The molecule has 2 aromatic heterocycles. The molecule has 7 nitrogen and oxygen atoms in total. The molecule has 0 radical (unpaired) electrons. The fraction of sp³-hybridized carbons (Fsp3) is 0.400. The Kier molecular flexibility index (Phi) is 3.98. The van der Waals surface area contributed by atoms with Crippen molar-refractivity contribution in [1.82, 2.24) is 25.2 Å². The third-order valence-corrected chi connectivity index (χ3v) is 6.77. The number of halogens is 4. The van der Waals surface area contributed by atoms with E-state index in [2.05, 4.69) is 20.5 Å². The van der Waals surface area contributed by atoms with Crippen LogP contribution in [0.4, 0.5) is 17.6 Å². The van der Waals surface area contributed by atoms with Crippen LogP contribution in [0.1, 0.15) is 30.4 Å². The largest absolute Gasteiger partial charge is 0.377 e. The van der Waals surface area contributed by atoms with Crippen LogP contribution in [0.2, 0.25) is 0 Å². The quantitative estimate of drug-likeness (QED) is 0.579. The van der Waals surface area contributed by atoms with Crippen molar-refractivity contribution in [1.29, 1.82) is 0 Å². The second-order valence-electron chi connectivity index (χ2n) is 8.60. The number of aromatic nitrogens is 5. The molecule has 3 aliphatic carbocycles. The number of aromatic amines is 1. The minimum Gasteiger partial charge on any atom is -0.377 e. The molecule has 0 unspecified atom stereocenters. The first-order chi connectivity index (χ1) is 14.6. The average molecular weight is 435 g/mol. The summed E-state index contributed by atoms with van der Waals surface area (Å²) in [5.74, 6) is -6.01. The summed E-state index contributed by atoms with van der Waals surface area (Å²) in [6.45, 7) is -0.817. The molecule has 2 bridgehead atoms. The number of tetrazole rings is 1. The fourth-order valence-corrected chi connectivity index (χ4v) is 5.27. The summed E-state index contributed by atoms with van der Waals surface area (Å²) in [7, 11) is 0. The van der Waals surface area contributed by atoms with Gasteiger partial charge in [0.25, 0.3) is 5.92 Å². The van der Waals surface area contributed by atoms with Gasteiger partial charge in [0.2, 0.25) is 5.56 Å². The van der Waals surface area contributed by atoms with Crippen molar-refractivity contribution in [2.75, 3.05) is 0 Å². The Morgan fingerprint density at radius 2 is 1.90 bits per heavy atom. The maximum Gasteiger partial charge on any atom is 0.287 e. The van der Waals surface area contributed by atoms with Gasteiger partial charge >= 0.3 is 0 Å². The molecule has 1 aromatic carbocycles. The average Bonchev–Trinajstić information content (AvgIpc) is 3.13. The molecule has 3 aliphatic rings. The van der Waals surface area contributed by atoms with Crippen molar-refractivity contribution < 1.29 is 22.7 Å². The van der Waals surface area contributed by atoms with Crippen molar-refractivity contribution in [3.8, 4) is 0 Å². The molecule has 1 atom stereocenters. The molecule has 3 saturated carbocycles. The molecule has 3 aromatic rings. The molecule has 0 saturated heterocycles. The number of H-pyrrole nitrogens is 1. The number of benzene rings is 1. The van der Waals surface area contributed by atoms with Gasteiger partial charge in [-0.25, -0.2) is 22.2 Å². The van der Waals surface area contributed by atoms with Crippen LogP contribution in [0, 0.1) is 17.0 Å². The molecule has 0 spiro atoms. The van der Waals surface area contributed by atoms with E-state index < -0.39 is 46.1 Å². The summed E-state index contributed by atoms with van der Waals surface area (Å²) in [6, 6.07) is 5.05. The van der Waals surface area contributed by atoms with Gasteiger partial charge in [0, 0.05) is 29.3 Å². The molecule has 0 aliphatic heterocycles. The van der Waals surface area contributed by atoms with Gasteiger partial charge < -0.3 is 10.1 Å². The molecule has 2 N–H and O–H groups in total. The standard InChI is InChI=1S/C20H17F4N5O2/c21-13-2-3-14(15(22)5-13)19(31,10-29-11-26-27-28-29)20(23,24)18-7-17(8-18,9-18)12-1-4-16(30)25-6-12/h1-6,11,31H,7-10H2,(H,25,30)/t17?,18?,19-/m0/s1. The minimum absolute atomic E-state index is 0.0553. The molecule has 6 rings (SSSR count). The molecule has 162 valence electrons. The lowest BCUT2D eigenvalue weighted by atomic mass is 9.30. The summed E-state index contributed by atoms with van der Waals surface area (Å²) in [6.07, 6.45) is 2.71. The van der Waals surface area contributed by atoms with Crippen molar-refractivity contribution >= 4 is 0 Å². The number of hydrogen-bond acceptors (Lipinski definition) is 5. The number of nitrogens with one attached hydrogen (secondary N) is 1. The van der Waals surface area contributed by atoms with E-state index in [-0.39, 0.29) is 24.8 Å². The highest BCUT2D eigenvalue weighted by atomic mass is 19.3. The second kappa shape index (κ2) is 6.22. The zero-order chi connectivity index (χ0) is 22.1. The normalized spacial score (nSPS) is 26.6. The molecule has 11 heteroatoms. The van der Waals surface area contributed by atoms with Crippen LogP contribution in [0.15, 0.2) is 47.7 Å². The third kappa shape index (κ3) is 2.62. The van der Waals surface area contributed by atoms with Crippen LogP contribution in [0.5, 0.6) is 0 Å². The number of aliphatic hydroxyl groups is 1. The van der Waals surface area contributed by atoms with Crippen LogP contribution < -0.4 is 5.56 Å². The van der Waals surface area contributed by atoms with Gasteiger partial charge in [-0.15, -0.1) is 5.10 Å². The summed E-state index contributed by atoms with van der Waals surface area (Å²) in [5, 5.41) is 21.6. The highest BCUT2D eigenvalue weighted by Crippen LogP contribution is 2.80. The van der Waals surface area contributed by atoms with Gasteiger partial charge in [0.15, 0.2) is 5.60 Å². The summed E-state index contributed by atoms with van der Waals surface area (Å²) < 4.78 is 60.9. The molecule has 2 heterocycles. The van der Waals surface area contributed by atoms with Crippen LogP contribution in [-0.2, 0) is 17.6 Å². The molecule has 0 amide bonds. The Labute approximate surface area is 172 Å². The Morgan fingerprint density at radius 3 is 2.48 bits per heavy atom. The number of hydrogen-bond donors (Lipinski definition) is 2. The van der Waals surface area contributed by atoms with Gasteiger partial charge in [0.1, 0.15) is 18.0 Å². The zero-order valence-corrected chi connectivity index (χ0v) is 16.0. The SMILES string of the molecule is O=c1ccc(C23CC(C(F)(F)[C@](O)(Cn4cnnn4)c4ccc(F)cc4F)(C2)C3)c[nH]1. The predicted octanol–water partition coefficient (Wildman–Crippen LogP) is 2.28. The topological polar surface area (TPSA) is 96.7 Å². The van der Waals surface area contributed by atoms with Gasteiger partial charge in [-0.2, -0.15) is 0 Å². The van der Waals surface area contributed by atoms with Crippen molar-refractivity contribution in [3.05, 3.63) is 76.0 Å². The smallest absolute Gasteiger partial charge is 0.287 e. The molecule has 31 heavy (non-hydrogen) atoms. The van der Waals surface area contributed by atoms with Crippen LogP contribution in [0.25, 0.3) is 0 Å². The van der Waals surface area contributed by atoms with Crippen LogP contribution in [0.3, 0.4) is 0 Å². The van der Waals surface area contributed by atoms with E-state index in [1.54, 1.807) is 6.07 Å². The van der Waals surface area contributed by atoms with Gasteiger partial charge in [-0.05, 0) is 52.8 Å². The highest BCUT2D eigenvalue weighted by molar-refractivity contribution is 5.42. The van der Waals surface area contributed by atoms with Crippen molar-refractivity contribution in [2.24, 2.45) is 5.41 Å². The van der Waals surface area contributed by atoms with E-state index in [9.17, 15) is 18.7 Å². The van der Waals surface area contributed by atoms with E-state index >= 15 is 8.78 Å². The van der Waals surface area contributed by atoms with Crippen molar-refractivity contribution in [3.63, 3.8) is 0 Å². The Bertz CT molecular complexity index is 1170. The second-order valence-corrected chi connectivity index (χ2v) is 8.60. The summed E-state index contributed by atoms with van der Waals surface area (Å²) in [4.78, 5) is 13.8. The highest BCUT2D eigenvalue weighted by Gasteiger charge is 2.82. The number of pyridine rings is 1. The fourth-order valence-electron chi connectivity index (χ4n) is 5.27. The van der Waals surface area contributed by atoms with E-state index in [0.29, 0.717) is 6.07 Å². The lowest BCUT2D eigenvalue weighted by Crippen LogP contribution is -2.76. The maximum atomic E-state index is 16.0. The number of alkyl halides is 2. The predicted molar refractivity (Wildman–Crippen MR) is 98.0 cm³/mol.